The third kappa shape index (κ3) is 9.97. The highest BCUT2D eigenvalue weighted by molar-refractivity contribution is 5.77. The molecule has 0 rings (SSSR count). The van der Waals surface area contributed by atoms with E-state index in [0.29, 0.717) is 6.54 Å². The Morgan fingerprint density at radius 2 is 1.75 bits per heavy atom. The zero-order valence-electron chi connectivity index (χ0n) is 11.4. The Hall–Kier alpha value is -0.570. The highest BCUT2D eigenvalue weighted by Crippen LogP contribution is 2.08. The largest absolute Gasteiger partial charge is 0.348 e. The van der Waals surface area contributed by atoms with Crippen LogP contribution in [0.25, 0.3) is 0 Å². The van der Waals surface area contributed by atoms with E-state index in [1.165, 1.54) is 32.1 Å². The van der Waals surface area contributed by atoms with E-state index >= 15 is 0 Å². The summed E-state index contributed by atoms with van der Waals surface area (Å²) in [6.07, 6.45) is 6.46. The molecule has 0 aliphatic heterocycles. The second kappa shape index (κ2) is 9.64. The fraction of sp³-hybridized carbons (Fsp3) is 0.923. The van der Waals surface area contributed by atoms with Crippen molar-refractivity contribution in [3.63, 3.8) is 0 Å². The van der Waals surface area contributed by atoms with Gasteiger partial charge in [0.25, 0.3) is 0 Å². The topological polar surface area (TPSA) is 32.3 Å². The monoisotopic (exact) mass is 228 g/mol. The second-order valence-electron chi connectivity index (χ2n) is 5.06. The fourth-order valence-electron chi connectivity index (χ4n) is 1.51. The van der Waals surface area contributed by atoms with Gasteiger partial charge in [-0.3, -0.25) is 4.79 Å². The zero-order valence-corrected chi connectivity index (χ0v) is 11.4. The van der Waals surface area contributed by atoms with Gasteiger partial charge in [0.15, 0.2) is 0 Å². The highest BCUT2D eigenvalue weighted by Gasteiger charge is 2.01. The number of hydrogen-bond donors (Lipinski definition) is 1. The van der Waals surface area contributed by atoms with Gasteiger partial charge in [-0.25, -0.2) is 0 Å². The summed E-state index contributed by atoms with van der Waals surface area (Å²) < 4.78 is 0. The third-order valence-corrected chi connectivity index (χ3v) is 2.66. The minimum absolute atomic E-state index is 0.153. The first kappa shape index (κ1) is 15.4. The molecule has 1 amide bonds. The summed E-state index contributed by atoms with van der Waals surface area (Å²) in [6, 6.07) is 0. The van der Waals surface area contributed by atoms with E-state index in [-0.39, 0.29) is 5.91 Å². The maximum absolute atomic E-state index is 11.2. The van der Waals surface area contributed by atoms with E-state index in [0.717, 1.165) is 12.5 Å². The minimum atomic E-state index is 0.153. The lowest BCUT2D eigenvalue weighted by Crippen LogP contribution is -2.33. The molecule has 0 aromatic heterocycles. The fourth-order valence-corrected chi connectivity index (χ4v) is 1.51. The molecule has 1 N–H and O–H groups in total. The third-order valence-electron chi connectivity index (χ3n) is 2.66. The first-order valence-electron chi connectivity index (χ1n) is 6.45. The van der Waals surface area contributed by atoms with Crippen molar-refractivity contribution in [2.45, 2.75) is 46.0 Å². The predicted octanol–water partition coefficient (Wildman–Crippen LogP) is 2.27. The van der Waals surface area contributed by atoms with Gasteiger partial charge >= 0.3 is 0 Å². The van der Waals surface area contributed by atoms with Crippen LogP contribution in [0, 0.1) is 5.92 Å². The minimum Gasteiger partial charge on any atom is -0.348 e. The Morgan fingerprint density at radius 1 is 1.12 bits per heavy atom. The van der Waals surface area contributed by atoms with Crippen LogP contribution in [0.5, 0.6) is 0 Å². The van der Waals surface area contributed by atoms with Gasteiger partial charge in [0.1, 0.15) is 0 Å². The normalized spacial score (nSPS) is 10.8. The number of hydrogen-bond acceptors (Lipinski definition) is 2. The smallest absolute Gasteiger partial charge is 0.236 e. The standard InChI is InChI=1S/C13H28N2O/c1-12(2)9-7-5-6-8-10-14-11-13(16)15(3)4/h12,14H,5-11H2,1-4H3. The first-order valence-corrected chi connectivity index (χ1v) is 6.45. The van der Waals surface area contributed by atoms with Crippen molar-refractivity contribution in [1.29, 1.82) is 0 Å². The average molecular weight is 228 g/mol. The van der Waals surface area contributed by atoms with Gasteiger partial charge in [-0.15, -0.1) is 0 Å². The first-order chi connectivity index (χ1) is 7.54. The van der Waals surface area contributed by atoms with Gasteiger partial charge in [0.2, 0.25) is 5.91 Å². The second-order valence-corrected chi connectivity index (χ2v) is 5.06. The lowest BCUT2D eigenvalue weighted by molar-refractivity contribution is -0.127. The molecule has 0 aromatic rings. The molecule has 0 heterocycles. The molecule has 0 bridgehead atoms. The molecule has 0 fully saturated rings. The quantitative estimate of drug-likeness (QED) is 0.614. The van der Waals surface area contributed by atoms with Gasteiger partial charge in [-0.2, -0.15) is 0 Å². The number of nitrogens with zero attached hydrogens (tertiary/aromatic N) is 1. The van der Waals surface area contributed by atoms with Gasteiger partial charge in [0, 0.05) is 14.1 Å². The lowest BCUT2D eigenvalue weighted by Gasteiger charge is -2.10. The van der Waals surface area contributed by atoms with Crippen LogP contribution in [0.2, 0.25) is 0 Å². The number of carbonyl (C=O) groups is 1. The molecular weight excluding hydrogens is 200 g/mol. The summed E-state index contributed by atoms with van der Waals surface area (Å²) in [5.74, 6) is 0.982. The van der Waals surface area contributed by atoms with Crippen LogP contribution < -0.4 is 5.32 Å². The van der Waals surface area contributed by atoms with Gasteiger partial charge in [-0.1, -0.05) is 39.5 Å². The average Bonchev–Trinajstić information content (AvgIpc) is 2.21. The van der Waals surface area contributed by atoms with Crippen molar-refractivity contribution in [2.75, 3.05) is 27.2 Å². The molecule has 0 aromatic carbocycles. The molecule has 0 saturated carbocycles. The summed E-state index contributed by atoms with van der Waals surface area (Å²) in [4.78, 5) is 12.8. The zero-order chi connectivity index (χ0) is 12.4. The molecular formula is C13H28N2O. The van der Waals surface area contributed by atoms with Crippen molar-refractivity contribution < 1.29 is 4.79 Å². The Balaban J connectivity index is 3.13. The van der Waals surface area contributed by atoms with E-state index in [1.807, 2.05) is 0 Å². The van der Waals surface area contributed by atoms with Crippen molar-refractivity contribution in [1.82, 2.24) is 10.2 Å². The van der Waals surface area contributed by atoms with E-state index < -0.39 is 0 Å². The molecule has 0 atom stereocenters. The van der Waals surface area contributed by atoms with Crippen LogP contribution in [0.1, 0.15) is 46.0 Å². The number of amides is 1. The molecule has 16 heavy (non-hydrogen) atoms. The van der Waals surface area contributed by atoms with Crippen LogP contribution in [0.3, 0.4) is 0 Å². The van der Waals surface area contributed by atoms with E-state index in [9.17, 15) is 4.79 Å². The maximum Gasteiger partial charge on any atom is 0.236 e. The Labute approximate surface area is 101 Å². The van der Waals surface area contributed by atoms with Crippen LogP contribution in [-0.4, -0.2) is 38.0 Å². The Bertz CT molecular complexity index is 179. The number of carbonyl (C=O) groups excluding carboxylic acids is 1. The summed E-state index contributed by atoms with van der Waals surface area (Å²) >= 11 is 0. The van der Waals surface area contributed by atoms with Crippen molar-refractivity contribution in [3.8, 4) is 0 Å². The van der Waals surface area contributed by atoms with E-state index in [2.05, 4.69) is 19.2 Å². The number of unbranched alkanes of at least 4 members (excludes halogenated alkanes) is 3. The van der Waals surface area contributed by atoms with Crippen LogP contribution in [-0.2, 0) is 4.79 Å². The Kier molecular flexibility index (Phi) is 9.30. The number of likely N-dealkylation sites (N-methyl/N-ethyl adjacent to an activating group) is 1. The van der Waals surface area contributed by atoms with Crippen molar-refractivity contribution in [3.05, 3.63) is 0 Å². The van der Waals surface area contributed by atoms with Gasteiger partial charge < -0.3 is 10.2 Å². The molecule has 0 aliphatic rings. The summed E-state index contributed by atoms with van der Waals surface area (Å²) in [6.45, 7) is 5.98. The van der Waals surface area contributed by atoms with E-state index in [1.54, 1.807) is 19.0 Å². The maximum atomic E-state index is 11.2. The molecule has 0 unspecified atom stereocenters. The highest BCUT2D eigenvalue weighted by atomic mass is 16.2. The van der Waals surface area contributed by atoms with E-state index in [4.69, 9.17) is 0 Å². The summed E-state index contributed by atoms with van der Waals surface area (Å²) in [7, 11) is 3.58. The summed E-state index contributed by atoms with van der Waals surface area (Å²) in [5.41, 5.74) is 0. The SMILES string of the molecule is CC(C)CCCCCCNCC(=O)N(C)C. The molecule has 0 aliphatic carbocycles. The molecule has 3 nitrogen and oxygen atoms in total. The summed E-state index contributed by atoms with van der Waals surface area (Å²) in [5, 5.41) is 3.17. The van der Waals surface area contributed by atoms with Gasteiger partial charge in [-0.05, 0) is 18.9 Å². The number of nitrogens with one attached hydrogen (secondary N) is 1. The van der Waals surface area contributed by atoms with Gasteiger partial charge in [0.05, 0.1) is 6.54 Å². The Morgan fingerprint density at radius 3 is 2.31 bits per heavy atom. The molecule has 3 heteroatoms. The van der Waals surface area contributed by atoms with Crippen molar-refractivity contribution in [2.24, 2.45) is 5.92 Å². The van der Waals surface area contributed by atoms with Crippen molar-refractivity contribution >= 4 is 5.91 Å². The molecule has 96 valence electrons. The molecule has 0 radical (unpaired) electrons. The molecule has 0 spiro atoms. The van der Waals surface area contributed by atoms with Crippen LogP contribution >= 0.6 is 0 Å². The number of rotatable bonds is 9. The predicted molar refractivity (Wildman–Crippen MR) is 69.5 cm³/mol. The lowest BCUT2D eigenvalue weighted by atomic mass is 10.0. The van der Waals surface area contributed by atoms with Crippen LogP contribution in [0.4, 0.5) is 0 Å². The molecule has 0 saturated heterocycles. The van der Waals surface area contributed by atoms with Crippen LogP contribution in [0.15, 0.2) is 0 Å².